The van der Waals surface area contributed by atoms with Gasteiger partial charge in [0.05, 0.1) is 10.6 Å². The number of halogens is 3. The Morgan fingerprint density at radius 2 is 1.88 bits per heavy atom. The Balaban J connectivity index is 1.89. The number of fused-ring (bicyclic) bond motifs is 1. The van der Waals surface area contributed by atoms with E-state index in [-0.39, 0.29) is 17.2 Å². The maximum Gasteiger partial charge on any atom is 0.340 e. The lowest BCUT2D eigenvalue weighted by Crippen LogP contribution is -2.09. The maximum atomic E-state index is 13.3. The van der Waals surface area contributed by atoms with Crippen molar-refractivity contribution in [2.75, 3.05) is 0 Å². The first-order chi connectivity index (χ1) is 11.8. The molecule has 25 heavy (non-hydrogen) atoms. The number of esters is 1. The van der Waals surface area contributed by atoms with E-state index in [0.29, 0.717) is 28.7 Å². The van der Waals surface area contributed by atoms with Gasteiger partial charge in [-0.3, -0.25) is 0 Å². The normalized spacial score (nSPS) is 10.9. The van der Waals surface area contributed by atoms with Crippen molar-refractivity contribution < 1.29 is 22.7 Å². The number of carbonyl (C=O) groups excluding carboxylic acids is 1. The van der Waals surface area contributed by atoms with Crippen LogP contribution in [-0.4, -0.2) is 5.97 Å². The molecular weight excluding hydrogens is 354 g/mol. The average molecular weight is 365 g/mol. The van der Waals surface area contributed by atoms with Crippen molar-refractivity contribution in [2.45, 2.75) is 13.5 Å². The predicted octanol–water partition coefficient (Wildman–Crippen LogP) is 4.39. The van der Waals surface area contributed by atoms with E-state index in [1.54, 1.807) is 12.1 Å². The van der Waals surface area contributed by atoms with Crippen LogP contribution in [0.5, 0.6) is 0 Å². The fraction of sp³-hybridized carbons (Fsp3) is 0.111. The van der Waals surface area contributed by atoms with Crippen molar-refractivity contribution in [3.05, 3.63) is 80.2 Å². The highest BCUT2D eigenvalue weighted by Gasteiger charge is 2.17. The molecule has 2 aromatic carbocycles. The number of ether oxygens (including phenoxy) is 1. The molecule has 0 aliphatic carbocycles. The summed E-state index contributed by atoms with van der Waals surface area (Å²) in [7, 11) is 0. The molecule has 0 fully saturated rings. The van der Waals surface area contributed by atoms with Crippen LogP contribution in [0.25, 0.3) is 11.0 Å². The van der Waals surface area contributed by atoms with Crippen LogP contribution < -0.4 is 5.63 Å². The summed E-state index contributed by atoms with van der Waals surface area (Å²) in [5.41, 5.74) is 0.805. The highest BCUT2D eigenvalue weighted by Crippen LogP contribution is 2.23. The van der Waals surface area contributed by atoms with Crippen LogP contribution >= 0.6 is 11.6 Å². The first-order valence-corrected chi connectivity index (χ1v) is 7.58. The van der Waals surface area contributed by atoms with E-state index in [4.69, 9.17) is 20.8 Å². The van der Waals surface area contributed by atoms with Gasteiger partial charge in [-0.15, -0.1) is 0 Å². The van der Waals surface area contributed by atoms with Crippen LogP contribution in [0.4, 0.5) is 8.78 Å². The van der Waals surface area contributed by atoms with Gasteiger partial charge in [0.1, 0.15) is 12.2 Å². The van der Waals surface area contributed by atoms with Crippen LogP contribution in [-0.2, 0) is 11.3 Å². The second-order valence-electron chi connectivity index (χ2n) is 5.41. The summed E-state index contributed by atoms with van der Waals surface area (Å²) < 4.78 is 36.6. The molecule has 0 bridgehead atoms. The van der Waals surface area contributed by atoms with Crippen molar-refractivity contribution in [3.8, 4) is 0 Å². The summed E-state index contributed by atoms with van der Waals surface area (Å²) in [6, 6.07) is 7.82. The lowest BCUT2D eigenvalue weighted by molar-refractivity contribution is 0.0473. The molecule has 1 aromatic heterocycles. The quantitative estimate of drug-likeness (QED) is 0.393. The van der Waals surface area contributed by atoms with E-state index in [1.807, 2.05) is 13.0 Å². The minimum Gasteiger partial charge on any atom is -0.457 e. The van der Waals surface area contributed by atoms with Gasteiger partial charge in [-0.1, -0.05) is 23.7 Å². The van der Waals surface area contributed by atoms with E-state index in [0.717, 1.165) is 5.56 Å². The van der Waals surface area contributed by atoms with Crippen molar-refractivity contribution in [1.82, 2.24) is 0 Å². The maximum absolute atomic E-state index is 13.3. The van der Waals surface area contributed by atoms with Crippen molar-refractivity contribution in [2.24, 2.45) is 0 Å². The summed E-state index contributed by atoms with van der Waals surface area (Å²) in [6.07, 6.45) is 0. The van der Waals surface area contributed by atoms with Crippen LogP contribution in [0.1, 0.15) is 21.5 Å². The molecule has 0 unspecified atom stereocenters. The average Bonchev–Trinajstić information content (AvgIpc) is 2.55. The first-order valence-electron chi connectivity index (χ1n) is 7.20. The summed E-state index contributed by atoms with van der Waals surface area (Å²) in [5, 5.41) is 0.339. The first kappa shape index (κ1) is 17.1. The molecule has 0 N–H and O–H groups in total. The third-order valence-electron chi connectivity index (χ3n) is 3.57. The largest absolute Gasteiger partial charge is 0.457 e. The van der Waals surface area contributed by atoms with Gasteiger partial charge in [0.2, 0.25) is 0 Å². The highest BCUT2D eigenvalue weighted by atomic mass is 35.5. The number of hydrogen-bond donors (Lipinski definition) is 0. The number of benzene rings is 2. The van der Waals surface area contributed by atoms with Gasteiger partial charge in [-0.05, 0) is 30.7 Å². The van der Waals surface area contributed by atoms with Gasteiger partial charge in [-0.25, -0.2) is 18.4 Å². The molecule has 0 aliphatic rings. The third-order valence-corrected chi connectivity index (χ3v) is 3.89. The molecule has 4 nitrogen and oxygen atoms in total. The zero-order valence-corrected chi connectivity index (χ0v) is 13.7. The lowest BCUT2D eigenvalue weighted by Gasteiger charge is -2.09. The molecule has 0 amide bonds. The topological polar surface area (TPSA) is 56.5 Å². The zero-order valence-electron chi connectivity index (χ0n) is 12.9. The Kier molecular flexibility index (Phi) is 4.55. The van der Waals surface area contributed by atoms with Gasteiger partial charge in [0.15, 0.2) is 11.6 Å². The monoisotopic (exact) mass is 364 g/mol. The molecule has 3 aromatic rings. The SMILES string of the molecule is Cc1ccc2c(COC(=O)c3cc(F)c(F)cc3Cl)cc(=O)oc2c1. The Bertz CT molecular complexity index is 1040. The minimum absolute atomic E-state index is 0.251. The molecule has 128 valence electrons. The second-order valence-corrected chi connectivity index (χ2v) is 5.82. The smallest absolute Gasteiger partial charge is 0.340 e. The summed E-state index contributed by atoms with van der Waals surface area (Å²) >= 11 is 5.74. The summed E-state index contributed by atoms with van der Waals surface area (Å²) in [6.45, 7) is 1.59. The highest BCUT2D eigenvalue weighted by molar-refractivity contribution is 6.33. The predicted molar refractivity (Wildman–Crippen MR) is 87.7 cm³/mol. The Labute approximate surface area is 145 Å². The standard InChI is InChI=1S/C18H11ClF2O4/c1-9-2-3-11-10(5-17(22)25-16(11)4-9)8-24-18(23)12-6-14(20)15(21)7-13(12)19/h2-7H,8H2,1H3. The van der Waals surface area contributed by atoms with Gasteiger partial charge < -0.3 is 9.15 Å². The van der Waals surface area contributed by atoms with E-state index in [9.17, 15) is 18.4 Å². The van der Waals surface area contributed by atoms with Crippen molar-refractivity contribution >= 4 is 28.5 Å². The summed E-state index contributed by atoms with van der Waals surface area (Å²) in [5.74, 6) is -3.31. The second kappa shape index (κ2) is 6.64. The number of rotatable bonds is 3. The molecule has 0 spiro atoms. The van der Waals surface area contributed by atoms with E-state index < -0.39 is 23.2 Å². The number of hydrogen-bond acceptors (Lipinski definition) is 4. The van der Waals surface area contributed by atoms with E-state index in [2.05, 4.69) is 0 Å². The van der Waals surface area contributed by atoms with E-state index >= 15 is 0 Å². The van der Waals surface area contributed by atoms with Crippen LogP contribution in [0.15, 0.2) is 45.6 Å². The van der Waals surface area contributed by atoms with Crippen molar-refractivity contribution in [1.29, 1.82) is 0 Å². The minimum atomic E-state index is -1.21. The Hall–Kier alpha value is -2.73. The van der Waals surface area contributed by atoms with Crippen molar-refractivity contribution in [3.63, 3.8) is 0 Å². The summed E-state index contributed by atoms with van der Waals surface area (Å²) in [4.78, 5) is 23.7. The Morgan fingerprint density at radius 1 is 1.16 bits per heavy atom. The number of aryl methyl sites for hydroxylation is 1. The fourth-order valence-electron chi connectivity index (χ4n) is 2.36. The molecule has 0 radical (unpaired) electrons. The van der Waals surface area contributed by atoms with Crippen LogP contribution in [0, 0.1) is 18.6 Å². The van der Waals surface area contributed by atoms with Crippen LogP contribution in [0.2, 0.25) is 5.02 Å². The van der Waals surface area contributed by atoms with E-state index in [1.165, 1.54) is 6.07 Å². The number of carbonyl (C=O) groups is 1. The van der Waals surface area contributed by atoms with Crippen LogP contribution in [0.3, 0.4) is 0 Å². The molecule has 0 saturated carbocycles. The zero-order chi connectivity index (χ0) is 18.1. The van der Waals surface area contributed by atoms with Gasteiger partial charge in [0.25, 0.3) is 0 Å². The third kappa shape index (κ3) is 3.53. The Morgan fingerprint density at radius 3 is 2.64 bits per heavy atom. The molecule has 0 atom stereocenters. The molecule has 3 rings (SSSR count). The van der Waals surface area contributed by atoms with Gasteiger partial charge in [-0.2, -0.15) is 0 Å². The molecular formula is C18H11ClF2O4. The molecule has 7 heteroatoms. The lowest BCUT2D eigenvalue weighted by atomic mass is 10.1. The molecule has 0 saturated heterocycles. The van der Waals surface area contributed by atoms with Gasteiger partial charge >= 0.3 is 11.6 Å². The van der Waals surface area contributed by atoms with Gasteiger partial charge in [0, 0.05) is 17.0 Å². The fourth-order valence-corrected chi connectivity index (χ4v) is 2.58. The molecule has 0 aliphatic heterocycles. The molecule has 1 heterocycles.